The second-order valence-electron chi connectivity index (χ2n) is 5.55. The van der Waals surface area contributed by atoms with E-state index in [4.69, 9.17) is 0 Å². The SMILES string of the molecule is CCC1(CO)CCN(C(=O)Nc2cc(F)ccc2F)CC1. The summed E-state index contributed by atoms with van der Waals surface area (Å²) < 4.78 is 26.6. The number of likely N-dealkylation sites (tertiary alicyclic amines) is 1. The Morgan fingerprint density at radius 3 is 2.62 bits per heavy atom. The molecule has 1 aliphatic rings. The summed E-state index contributed by atoms with van der Waals surface area (Å²) in [5, 5.41) is 11.9. The van der Waals surface area contributed by atoms with Gasteiger partial charge in [0.15, 0.2) is 0 Å². The number of carbonyl (C=O) groups is 1. The number of rotatable bonds is 3. The molecule has 0 atom stereocenters. The molecule has 0 spiro atoms. The molecule has 2 N–H and O–H groups in total. The normalized spacial score (nSPS) is 17.6. The number of anilines is 1. The van der Waals surface area contributed by atoms with Crippen LogP contribution in [0.3, 0.4) is 0 Å². The molecule has 1 aliphatic heterocycles. The summed E-state index contributed by atoms with van der Waals surface area (Å²) in [7, 11) is 0. The molecule has 0 saturated carbocycles. The highest BCUT2D eigenvalue weighted by Gasteiger charge is 2.34. The number of benzene rings is 1. The van der Waals surface area contributed by atoms with Gasteiger partial charge in [-0.15, -0.1) is 0 Å². The Morgan fingerprint density at radius 2 is 2.05 bits per heavy atom. The zero-order valence-electron chi connectivity index (χ0n) is 12.0. The largest absolute Gasteiger partial charge is 0.396 e. The van der Waals surface area contributed by atoms with E-state index >= 15 is 0 Å². The van der Waals surface area contributed by atoms with Gasteiger partial charge in [-0.05, 0) is 36.8 Å². The fraction of sp³-hybridized carbons (Fsp3) is 0.533. The number of aliphatic hydroxyl groups is 1. The van der Waals surface area contributed by atoms with Crippen LogP contribution in [0.1, 0.15) is 26.2 Å². The molecule has 0 unspecified atom stereocenters. The summed E-state index contributed by atoms with van der Waals surface area (Å²) >= 11 is 0. The minimum atomic E-state index is -0.667. The second-order valence-corrected chi connectivity index (χ2v) is 5.55. The van der Waals surface area contributed by atoms with Crippen molar-refractivity contribution in [2.24, 2.45) is 5.41 Å². The monoisotopic (exact) mass is 298 g/mol. The molecule has 21 heavy (non-hydrogen) atoms. The first-order valence-corrected chi connectivity index (χ1v) is 7.11. The Bertz CT molecular complexity index is 508. The van der Waals surface area contributed by atoms with Crippen molar-refractivity contribution in [3.63, 3.8) is 0 Å². The number of amides is 2. The lowest BCUT2D eigenvalue weighted by Gasteiger charge is -2.40. The third-order valence-electron chi connectivity index (χ3n) is 4.37. The lowest BCUT2D eigenvalue weighted by molar-refractivity contribution is 0.0542. The van der Waals surface area contributed by atoms with Crippen molar-refractivity contribution in [1.29, 1.82) is 0 Å². The molecule has 4 nitrogen and oxygen atoms in total. The fourth-order valence-electron chi connectivity index (χ4n) is 2.60. The average Bonchev–Trinajstić information content (AvgIpc) is 2.51. The Kier molecular flexibility index (Phi) is 4.77. The first-order valence-electron chi connectivity index (χ1n) is 7.11. The summed E-state index contributed by atoms with van der Waals surface area (Å²) in [5.41, 5.74) is -0.282. The first kappa shape index (κ1) is 15.7. The predicted molar refractivity (Wildman–Crippen MR) is 76.0 cm³/mol. The van der Waals surface area contributed by atoms with E-state index in [-0.39, 0.29) is 17.7 Å². The van der Waals surface area contributed by atoms with E-state index in [9.17, 15) is 18.7 Å². The molecule has 0 aromatic heterocycles. The number of aliphatic hydroxyl groups excluding tert-OH is 1. The number of halogens is 2. The van der Waals surface area contributed by atoms with Crippen LogP contribution >= 0.6 is 0 Å². The molecule has 116 valence electrons. The third kappa shape index (κ3) is 3.50. The summed E-state index contributed by atoms with van der Waals surface area (Å²) in [5.74, 6) is -1.27. The molecular weight excluding hydrogens is 278 g/mol. The maximum atomic E-state index is 13.5. The summed E-state index contributed by atoms with van der Waals surface area (Å²) in [6, 6.07) is 2.50. The molecule has 0 aliphatic carbocycles. The van der Waals surface area contributed by atoms with Crippen LogP contribution in [0.2, 0.25) is 0 Å². The van der Waals surface area contributed by atoms with Crippen LogP contribution in [-0.2, 0) is 0 Å². The molecule has 0 radical (unpaired) electrons. The highest BCUT2D eigenvalue weighted by atomic mass is 19.1. The van der Waals surface area contributed by atoms with Crippen LogP contribution in [0.15, 0.2) is 18.2 Å². The van der Waals surface area contributed by atoms with Gasteiger partial charge in [0.2, 0.25) is 0 Å². The number of hydrogen-bond acceptors (Lipinski definition) is 2. The molecule has 1 fully saturated rings. The van der Waals surface area contributed by atoms with Gasteiger partial charge in [-0.25, -0.2) is 13.6 Å². The van der Waals surface area contributed by atoms with Crippen LogP contribution in [0.5, 0.6) is 0 Å². The standard InChI is InChI=1S/C15H20F2N2O2/c1-2-15(10-20)5-7-19(8-6-15)14(21)18-13-9-11(16)3-4-12(13)17/h3-4,9,20H,2,5-8,10H2,1H3,(H,18,21). The van der Waals surface area contributed by atoms with Gasteiger partial charge in [-0.3, -0.25) is 0 Å². The average molecular weight is 298 g/mol. The second kappa shape index (κ2) is 6.39. The van der Waals surface area contributed by atoms with Gasteiger partial charge in [0.05, 0.1) is 5.69 Å². The molecule has 2 amide bonds. The molecule has 1 aromatic carbocycles. The van der Waals surface area contributed by atoms with Crippen molar-refractivity contribution in [2.75, 3.05) is 25.0 Å². The van der Waals surface area contributed by atoms with E-state index in [1.807, 2.05) is 6.92 Å². The number of nitrogens with zero attached hydrogens (tertiary/aromatic N) is 1. The van der Waals surface area contributed by atoms with Crippen molar-refractivity contribution < 1.29 is 18.7 Å². The quantitative estimate of drug-likeness (QED) is 0.901. The zero-order chi connectivity index (χ0) is 15.5. The van der Waals surface area contributed by atoms with Crippen molar-refractivity contribution in [3.05, 3.63) is 29.8 Å². The van der Waals surface area contributed by atoms with Gasteiger partial charge in [-0.1, -0.05) is 6.92 Å². The van der Waals surface area contributed by atoms with Gasteiger partial charge in [-0.2, -0.15) is 0 Å². The van der Waals surface area contributed by atoms with Gasteiger partial charge < -0.3 is 15.3 Å². The van der Waals surface area contributed by atoms with Crippen molar-refractivity contribution in [1.82, 2.24) is 4.90 Å². The number of hydrogen-bond donors (Lipinski definition) is 2. The van der Waals surface area contributed by atoms with E-state index in [2.05, 4.69) is 5.32 Å². The molecule has 1 aromatic rings. The predicted octanol–water partition coefficient (Wildman–Crippen LogP) is 2.98. The molecule has 1 heterocycles. The lowest BCUT2D eigenvalue weighted by Crippen LogP contribution is -2.46. The minimum absolute atomic E-state index is 0.109. The van der Waals surface area contributed by atoms with Crippen molar-refractivity contribution >= 4 is 11.7 Å². The van der Waals surface area contributed by atoms with Crippen LogP contribution in [0.25, 0.3) is 0 Å². The summed E-state index contributed by atoms with van der Waals surface area (Å²) in [4.78, 5) is 13.6. The van der Waals surface area contributed by atoms with E-state index in [0.29, 0.717) is 25.9 Å². The summed E-state index contributed by atoms with van der Waals surface area (Å²) in [6.45, 7) is 3.12. The van der Waals surface area contributed by atoms with Gasteiger partial charge in [0.1, 0.15) is 11.6 Å². The van der Waals surface area contributed by atoms with Gasteiger partial charge in [0.25, 0.3) is 0 Å². The Balaban J connectivity index is 1.98. The molecule has 1 saturated heterocycles. The van der Waals surface area contributed by atoms with Gasteiger partial charge in [0, 0.05) is 25.8 Å². The van der Waals surface area contributed by atoms with E-state index in [0.717, 1.165) is 24.6 Å². The Labute approximate surface area is 122 Å². The van der Waals surface area contributed by atoms with E-state index in [1.54, 1.807) is 4.90 Å². The van der Waals surface area contributed by atoms with E-state index in [1.165, 1.54) is 0 Å². The van der Waals surface area contributed by atoms with Crippen LogP contribution < -0.4 is 5.32 Å². The third-order valence-corrected chi connectivity index (χ3v) is 4.37. The lowest BCUT2D eigenvalue weighted by atomic mass is 9.77. The van der Waals surface area contributed by atoms with Crippen molar-refractivity contribution in [2.45, 2.75) is 26.2 Å². The number of urea groups is 1. The Morgan fingerprint density at radius 1 is 1.38 bits per heavy atom. The van der Waals surface area contributed by atoms with Gasteiger partial charge >= 0.3 is 6.03 Å². The van der Waals surface area contributed by atoms with Crippen molar-refractivity contribution in [3.8, 4) is 0 Å². The van der Waals surface area contributed by atoms with E-state index < -0.39 is 17.7 Å². The van der Waals surface area contributed by atoms with Crippen LogP contribution in [0.4, 0.5) is 19.3 Å². The van der Waals surface area contributed by atoms with Crippen LogP contribution in [-0.4, -0.2) is 35.7 Å². The Hall–Kier alpha value is -1.69. The van der Waals surface area contributed by atoms with Crippen LogP contribution in [0, 0.1) is 17.0 Å². The number of nitrogens with one attached hydrogen (secondary N) is 1. The molecule has 2 rings (SSSR count). The topological polar surface area (TPSA) is 52.6 Å². The maximum Gasteiger partial charge on any atom is 0.321 e. The highest BCUT2D eigenvalue weighted by Crippen LogP contribution is 2.34. The smallest absolute Gasteiger partial charge is 0.321 e. The summed E-state index contributed by atoms with van der Waals surface area (Å²) in [6.07, 6.45) is 2.27. The molecule has 0 bridgehead atoms. The first-order chi connectivity index (χ1) is 9.99. The minimum Gasteiger partial charge on any atom is -0.396 e. The fourth-order valence-corrected chi connectivity index (χ4v) is 2.60. The maximum absolute atomic E-state index is 13.5. The number of carbonyl (C=O) groups excluding carboxylic acids is 1. The highest BCUT2D eigenvalue weighted by molar-refractivity contribution is 5.89. The number of piperidine rings is 1. The molecular formula is C15H20F2N2O2. The zero-order valence-corrected chi connectivity index (χ0v) is 12.0. The molecule has 6 heteroatoms.